The van der Waals surface area contributed by atoms with Crippen LogP contribution < -0.4 is 0 Å². The van der Waals surface area contributed by atoms with Crippen molar-refractivity contribution < 1.29 is 33.7 Å². The van der Waals surface area contributed by atoms with Gasteiger partial charge in [0.1, 0.15) is 18.8 Å². The van der Waals surface area contributed by atoms with E-state index in [0.29, 0.717) is 24.5 Å². The number of carbonyl (C=O) groups is 1. The van der Waals surface area contributed by atoms with Crippen molar-refractivity contribution in [2.24, 2.45) is 5.16 Å². The second-order valence-corrected chi connectivity index (χ2v) is 6.53. The van der Waals surface area contributed by atoms with Crippen LogP contribution in [-0.4, -0.2) is 61.0 Å². The summed E-state index contributed by atoms with van der Waals surface area (Å²) in [6.07, 6.45) is -1.53. The van der Waals surface area contributed by atoms with Gasteiger partial charge in [-0.2, -0.15) is 0 Å². The molecule has 2 fully saturated rings. The Morgan fingerprint density at radius 3 is 2.58 bits per heavy atom. The van der Waals surface area contributed by atoms with Crippen LogP contribution in [0.3, 0.4) is 0 Å². The molecule has 2 heterocycles. The molecular weight excluding hydrogens is 342 g/mol. The lowest BCUT2D eigenvalue weighted by Crippen LogP contribution is -2.37. The van der Waals surface area contributed by atoms with Gasteiger partial charge in [-0.05, 0) is 26.0 Å². The normalized spacial score (nSPS) is 26.2. The van der Waals surface area contributed by atoms with Crippen LogP contribution in [0, 0.1) is 0 Å². The number of oxime groups is 1. The molecule has 0 radical (unpaired) electrons. The minimum Gasteiger partial charge on any atom is -0.459 e. The summed E-state index contributed by atoms with van der Waals surface area (Å²) >= 11 is 0. The summed E-state index contributed by atoms with van der Waals surface area (Å²) in [4.78, 5) is 12.1. The van der Waals surface area contributed by atoms with E-state index in [1.807, 2.05) is 6.07 Å². The molecule has 2 atom stereocenters. The maximum absolute atomic E-state index is 12.1. The van der Waals surface area contributed by atoms with Crippen LogP contribution >= 0.6 is 0 Å². The highest BCUT2D eigenvalue weighted by Gasteiger charge is 2.45. The van der Waals surface area contributed by atoms with Crippen LogP contribution in [0.2, 0.25) is 0 Å². The summed E-state index contributed by atoms with van der Waals surface area (Å²) in [5.74, 6) is -1.36. The summed E-state index contributed by atoms with van der Waals surface area (Å²) < 4.78 is 27.8. The van der Waals surface area contributed by atoms with Crippen molar-refractivity contribution in [3.8, 4) is 0 Å². The molecule has 1 aromatic rings. The van der Waals surface area contributed by atoms with Gasteiger partial charge in [0.15, 0.2) is 12.1 Å². The van der Waals surface area contributed by atoms with Crippen LogP contribution in [0.15, 0.2) is 35.5 Å². The average molecular weight is 365 g/mol. The van der Waals surface area contributed by atoms with Gasteiger partial charge >= 0.3 is 5.97 Å². The van der Waals surface area contributed by atoms with Crippen molar-refractivity contribution in [3.63, 3.8) is 0 Å². The molecule has 0 aromatic heterocycles. The summed E-state index contributed by atoms with van der Waals surface area (Å²) in [5.41, 5.74) is 0.772. The van der Waals surface area contributed by atoms with E-state index < -0.39 is 30.3 Å². The molecule has 2 saturated heterocycles. The molecule has 142 valence electrons. The highest BCUT2D eigenvalue weighted by atomic mass is 16.8. The first kappa shape index (κ1) is 18.8. The van der Waals surface area contributed by atoms with E-state index in [2.05, 4.69) is 5.16 Å². The lowest BCUT2D eigenvalue weighted by atomic mass is 10.1. The lowest BCUT2D eigenvalue weighted by molar-refractivity contribution is -0.146. The fourth-order valence-electron chi connectivity index (χ4n) is 2.96. The number of rotatable bonds is 6. The molecule has 0 amide bonds. The van der Waals surface area contributed by atoms with Crippen molar-refractivity contribution in [2.75, 3.05) is 19.8 Å². The van der Waals surface area contributed by atoms with E-state index in [9.17, 15) is 10.0 Å². The Hall–Kier alpha value is -2.00. The molecule has 0 bridgehead atoms. The molecule has 0 unspecified atom stereocenters. The molecular formula is C18H23NO7. The highest BCUT2D eigenvalue weighted by Crippen LogP contribution is 2.31. The van der Waals surface area contributed by atoms with Crippen LogP contribution in [0.25, 0.3) is 0 Å². The zero-order chi connectivity index (χ0) is 18.6. The van der Waals surface area contributed by atoms with Crippen LogP contribution in [-0.2, 0) is 23.7 Å². The smallest absolute Gasteiger partial charge is 0.338 e. The van der Waals surface area contributed by atoms with E-state index in [1.54, 1.807) is 38.1 Å². The summed E-state index contributed by atoms with van der Waals surface area (Å²) in [7, 11) is 0. The van der Waals surface area contributed by atoms with Crippen molar-refractivity contribution in [1.82, 2.24) is 0 Å². The van der Waals surface area contributed by atoms with E-state index in [4.69, 9.17) is 23.7 Å². The molecule has 0 aliphatic carbocycles. The third-order valence-electron chi connectivity index (χ3n) is 4.10. The largest absolute Gasteiger partial charge is 0.459 e. The number of hydrogen-bond donors (Lipinski definition) is 1. The molecule has 2 aliphatic rings. The van der Waals surface area contributed by atoms with Crippen molar-refractivity contribution >= 4 is 11.7 Å². The molecule has 3 rings (SSSR count). The minimum atomic E-state index is -0.901. The molecule has 0 saturated carbocycles. The van der Waals surface area contributed by atoms with E-state index in [0.717, 1.165) is 0 Å². The predicted molar refractivity (Wildman–Crippen MR) is 90.1 cm³/mol. The fourth-order valence-corrected chi connectivity index (χ4v) is 2.96. The van der Waals surface area contributed by atoms with Crippen LogP contribution in [0.1, 0.15) is 30.6 Å². The maximum Gasteiger partial charge on any atom is 0.338 e. The zero-order valence-corrected chi connectivity index (χ0v) is 14.8. The fraction of sp³-hybridized carbons (Fsp3) is 0.556. The van der Waals surface area contributed by atoms with E-state index in [1.165, 1.54) is 0 Å². The van der Waals surface area contributed by atoms with Gasteiger partial charge in [-0.15, -0.1) is 0 Å². The minimum absolute atomic E-state index is 0.0345. The summed E-state index contributed by atoms with van der Waals surface area (Å²) in [5, 5.41) is 12.8. The first-order valence-corrected chi connectivity index (χ1v) is 8.50. The van der Waals surface area contributed by atoms with E-state index in [-0.39, 0.29) is 13.0 Å². The number of nitrogens with zero attached hydrogens (tertiary/aromatic N) is 1. The first-order valence-electron chi connectivity index (χ1n) is 8.50. The third kappa shape index (κ3) is 4.59. The number of benzene rings is 1. The van der Waals surface area contributed by atoms with Gasteiger partial charge in [0.05, 0.1) is 24.5 Å². The monoisotopic (exact) mass is 365 g/mol. The Balaban J connectivity index is 1.64. The molecule has 26 heavy (non-hydrogen) atoms. The molecule has 2 aliphatic heterocycles. The number of hydrogen-bond acceptors (Lipinski definition) is 8. The van der Waals surface area contributed by atoms with Gasteiger partial charge in [-0.25, -0.2) is 4.79 Å². The Bertz CT molecular complexity index is 640. The maximum atomic E-state index is 12.1. The van der Waals surface area contributed by atoms with Crippen LogP contribution in [0.4, 0.5) is 0 Å². The second kappa shape index (κ2) is 8.13. The average Bonchev–Trinajstić information content (AvgIpc) is 3.25. The molecule has 1 aromatic carbocycles. The molecule has 8 nitrogen and oxygen atoms in total. The van der Waals surface area contributed by atoms with Gasteiger partial charge < -0.3 is 28.9 Å². The topological polar surface area (TPSA) is 95.8 Å². The number of ether oxygens (including phenoxy) is 5. The number of carbonyl (C=O) groups excluding carboxylic acids is 1. The second-order valence-electron chi connectivity index (χ2n) is 6.53. The Kier molecular flexibility index (Phi) is 5.87. The van der Waals surface area contributed by atoms with Gasteiger partial charge in [0.2, 0.25) is 0 Å². The summed E-state index contributed by atoms with van der Waals surface area (Å²) in [6, 6.07) is 8.68. The van der Waals surface area contributed by atoms with Crippen LogP contribution in [0.5, 0.6) is 0 Å². The zero-order valence-electron chi connectivity index (χ0n) is 14.8. The van der Waals surface area contributed by atoms with Gasteiger partial charge in [-0.3, -0.25) is 0 Å². The van der Waals surface area contributed by atoms with E-state index >= 15 is 0 Å². The van der Waals surface area contributed by atoms with Crippen molar-refractivity contribution in [2.45, 2.75) is 44.6 Å². The number of esters is 1. The first-order chi connectivity index (χ1) is 12.5. The van der Waals surface area contributed by atoms with Crippen molar-refractivity contribution in [3.05, 3.63) is 35.9 Å². The van der Waals surface area contributed by atoms with Gasteiger partial charge in [0, 0.05) is 6.42 Å². The standard InChI is InChI=1S/C18H23NO7/c1-18(2)25-14(11-24-17(20)12-6-4-3-5-7-12)16(26-18)13(19-21)10-15-22-8-9-23-15/h3-7,14-16,21H,8-11H2,1-2H3/b19-13-/t14-,16-/m0/s1. The lowest BCUT2D eigenvalue weighted by Gasteiger charge is -2.19. The third-order valence-corrected chi connectivity index (χ3v) is 4.10. The predicted octanol–water partition coefficient (Wildman–Crippen LogP) is 1.96. The molecule has 1 N–H and O–H groups in total. The van der Waals surface area contributed by atoms with Gasteiger partial charge in [-0.1, -0.05) is 23.4 Å². The Labute approximate surface area is 151 Å². The SMILES string of the molecule is CC1(C)O[C@@H](COC(=O)c2ccccc2)[C@H](/C(CC2OCCO2)=N\O)O1. The highest BCUT2D eigenvalue weighted by molar-refractivity contribution is 5.90. The van der Waals surface area contributed by atoms with Crippen molar-refractivity contribution in [1.29, 1.82) is 0 Å². The van der Waals surface area contributed by atoms with Gasteiger partial charge in [0.25, 0.3) is 0 Å². The molecule has 8 heteroatoms. The Morgan fingerprint density at radius 1 is 1.23 bits per heavy atom. The molecule has 0 spiro atoms. The Morgan fingerprint density at radius 2 is 1.92 bits per heavy atom. The summed E-state index contributed by atoms with van der Waals surface area (Å²) in [6.45, 7) is 4.45. The quantitative estimate of drug-likeness (QED) is 0.356.